The van der Waals surface area contributed by atoms with Crippen molar-refractivity contribution in [1.29, 1.82) is 0 Å². The second-order valence-corrected chi connectivity index (χ2v) is 9.11. The molecule has 4 rings (SSSR count). The lowest BCUT2D eigenvalue weighted by molar-refractivity contribution is -0.138. The Morgan fingerprint density at radius 1 is 1.00 bits per heavy atom. The van der Waals surface area contributed by atoms with Gasteiger partial charge in [0.2, 0.25) is 0 Å². The number of fused-ring (bicyclic) bond motifs is 2. The number of esters is 1. The van der Waals surface area contributed by atoms with E-state index in [4.69, 9.17) is 14.5 Å². The number of aromatic amines is 2. The predicted molar refractivity (Wildman–Crippen MR) is 136 cm³/mol. The van der Waals surface area contributed by atoms with Gasteiger partial charge in [-0.1, -0.05) is 32.1 Å². The number of nitrogens with zero attached hydrogens (tertiary/aromatic N) is 1. The molecule has 0 spiro atoms. The summed E-state index contributed by atoms with van der Waals surface area (Å²) in [5.41, 5.74) is 7.06. The van der Waals surface area contributed by atoms with Gasteiger partial charge in [0.1, 0.15) is 17.0 Å². The second kappa shape index (κ2) is 11.4. The summed E-state index contributed by atoms with van der Waals surface area (Å²) in [5, 5.41) is 0. The highest BCUT2D eigenvalue weighted by Gasteiger charge is 2.33. The molecule has 0 saturated heterocycles. The van der Waals surface area contributed by atoms with Gasteiger partial charge in [-0.05, 0) is 76.3 Å². The SMILES string of the molecule is CCOC(=O)C1=C(OCC)C(=Cc2[nH]c3cc2CCCCCCCCC3)N=C1c1ccc(C)[nH]1. The second-order valence-electron chi connectivity index (χ2n) is 9.11. The molecule has 0 aromatic carbocycles. The Morgan fingerprint density at radius 3 is 2.41 bits per heavy atom. The van der Waals surface area contributed by atoms with Crippen molar-refractivity contribution >= 4 is 17.8 Å². The molecule has 2 aromatic heterocycles. The van der Waals surface area contributed by atoms with Crippen molar-refractivity contribution in [3.8, 4) is 0 Å². The van der Waals surface area contributed by atoms with Crippen LogP contribution in [0.15, 0.2) is 40.2 Å². The van der Waals surface area contributed by atoms with Gasteiger partial charge < -0.3 is 19.4 Å². The number of hydrogen-bond acceptors (Lipinski definition) is 4. The molecule has 2 N–H and O–H groups in total. The van der Waals surface area contributed by atoms with E-state index < -0.39 is 5.97 Å². The standard InChI is InChI=1S/C28H37N3O3/c1-4-33-27-24(31-26(22-16-15-19(3)29-22)25(27)28(32)34-5-2)18-23-20-13-11-9-7-6-8-10-12-14-21(17-20)30-23/h15-18,29-30H,4-14H2,1-3H3. The van der Waals surface area contributed by atoms with Gasteiger partial charge in [0.05, 0.1) is 18.9 Å². The Bertz CT molecular complexity index is 1100. The Morgan fingerprint density at radius 2 is 1.74 bits per heavy atom. The van der Waals surface area contributed by atoms with Crippen LogP contribution in [0, 0.1) is 6.92 Å². The molecule has 34 heavy (non-hydrogen) atoms. The van der Waals surface area contributed by atoms with Gasteiger partial charge in [-0.15, -0.1) is 0 Å². The van der Waals surface area contributed by atoms with Crippen LogP contribution in [-0.2, 0) is 27.1 Å². The zero-order valence-corrected chi connectivity index (χ0v) is 20.8. The highest BCUT2D eigenvalue weighted by Crippen LogP contribution is 2.33. The van der Waals surface area contributed by atoms with Crippen molar-refractivity contribution in [3.63, 3.8) is 0 Å². The van der Waals surface area contributed by atoms with Gasteiger partial charge in [-0.2, -0.15) is 0 Å². The first kappa shape index (κ1) is 24.1. The minimum atomic E-state index is -0.411. The van der Waals surface area contributed by atoms with Crippen molar-refractivity contribution in [1.82, 2.24) is 9.97 Å². The van der Waals surface area contributed by atoms with E-state index in [-0.39, 0.29) is 0 Å². The molecule has 3 heterocycles. The summed E-state index contributed by atoms with van der Waals surface area (Å²) < 4.78 is 11.4. The van der Waals surface area contributed by atoms with Crippen LogP contribution in [0.1, 0.15) is 87.1 Å². The summed E-state index contributed by atoms with van der Waals surface area (Å²) in [4.78, 5) is 24.8. The maximum atomic E-state index is 13.0. The van der Waals surface area contributed by atoms with E-state index >= 15 is 0 Å². The first-order chi connectivity index (χ1) is 16.6. The van der Waals surface area contributed by atoms with Crippen LogP contribution >= 0.6 is 0 Å². The zero-order valence-electron chi connectivity index (χ0n) is 20.8. The van der Waals surface area contributed by atoms with Gasteiger partial charge >= 0.3 is 5.97 Å². The molecule has 1 aliphatic carbocycles. The lowest BCUT2D eigenvalue weighted by Crippen LogP contribution is -2.17. The maximum absolute atomic E-state index is 13.0. The summed E-state index contributed by atoms with van der Waals surface area (Å²) in [5.74, 6) is 0.0781. The van der Waals surface area contributed by atoms with Crippen molar-refractivity contribution in [2.45, 2.75) is 78.6 Å². The van der Waals surface area contributed by atoms with Gasteiger partial charge in [0, 0.05) is 17.1 Å². The van der Waals surface area contributed by atoms with Crippen LogP contribution < -0.4 is 0 Å². The summed E-state index contributed by atoms with van der Waals surface area (Å²) in [6.07, 6.45) is 13.1. The van der Waals surface area contributed by atoms with E-state index in [1.165, 1.54) is 56.2 Å². The first-order valence-corrected chi connectivity index (χ1v) is 12.8. The van der Waals surface area contributed by atoms with Crippen LogP contribution in [0.4, 0.5) is 0 Å². The van der Waals surface area contributed by atoms with Crippen LogP contribution in [0.3, 0.4) is 0 Å². The molecule has 0 saturated carbocycles. The largest absolute Gasteiger partial charge is 0.491 e. The fourth-order valence-electron chi connectivity index (χ4n) is 4.78. The molecular weight excluding hydrogens is 426 g/mol. The number of hydrogen-bond donors (Lipinski definition) is 2. The average Bonchev–Trinajstić information content (AvgIpc) is 3.50. The Kier molecular flexibility index (Phi) is 8.09. The molecule has 6 nitrogen and oxygen atoms in total. The Labute approximate surface area is 202 Å². The molecule has 2 aliphatic rings. The molecule has 0 fully saturated rings. The molecule has 2 aromatic rings. The number of carbonyl (C=O) groups is 1. The third-order valence-corrected chi connectivity index (χ3v) is 6.45. The van der Waals surface area contributed by atoms with Gasteiger partial charge in [-0.25, -0.2) is 9.79 Å². The molecule has 6 heteroatoms. The lowest BCUT2D eigenvalue weighted by atomic mass is 10.0. The number of rotatable bonds is 6. The monoisotopic (exact) mass is 463 g/mol. The number of carbonyl (C=O) groups excluding carboxylic acids is 1. The number of aliphatic imine (C=N–C) groups is 1. The highest BCUT2D eigenvalue weighted by molar-refractivity contribution is 6.29. The average molecular weight is 464 g/mol. The molecule has 2 bridgehead atoms. The fourth-order valence-corrected chi connectivity index (χ4v) is 4.78. The Balaban J connectivity index is 1.77. The van der Waals surface area contributed by atoms with Gasteiger partial charge in [-0.3, -0.25) is 0 Å². The zero-order chi connectivity index (χ0) is 23.9. The van der Waals surface area contributed by atoms with Crippen molar-refractivity contribution in [3.05, 3.63) is 63.6 Å². The number of aryl methyl sites for hydroxylation is 3. The van der Waals surface area contributed by atoms with Crippen LogP contribution in [0.25, 0.3) is 6.08 Å². The van der Waals surface area contributed by atoms with Crippen molar-refractivity contribution < 1.29 is 14.3 Å². The lowest BCUT2D eigenvalue weighted by Gasteiger charge is -2.10. The molecule has 1 aliphatic heterocycles. The summed E-state index contributed by atoms with van der Waals surface area (Å²) in [7, 11) is 0. The van der Waals surface area contributed by atoms with E-state index in [0.29, 0.717) is 36.0 Å². The van der Waals surface area contributed by atoms with E-state index in [1.807, 2.05) is 39.0 Å². The minimum Gasteiger partial charge on any atom is -0.491 e. The van der Waals surface area contributed by atoms with Gasteiger partial charge in [0.25, 0.3) is 0 Å². The number of nitrogens with one attached hydrogen (secondary N) is 2. The molecule has 182 valence electrons. The molecule has 0 radical (unpaired) electrons. The summed E-state index contributed by atoms with van der Waals surface area (Å²) in [6, 6.07) is 6.24. The first-order valence-electron chi connectivity index (χ1n) is 12.8. The smallest absolute Gasteiger partial charge is 0.344 e. The fraction of sp³-hybridized carbons (Fsp3) is 0.500. The minimum absolute atomic E-state index is 0.294. The van der Waals surface area contributed by atoms with E-state index in [1.54, 1.807) is 0 Å². The van der Waals surface area contributed by atoms with Crippen molar-refractivity contribution in [2.75, 3.05) is 13.2 Å². The van der Waals surface area contributed by atoms with Crippen LogP contribution in [-0.4, -0.2) is 34.9 Å². The number of H-pyrrole nitrogens is 2. The van der Waals surface area contributed by atoms with E-state index in [2.05, 4.69) is 16.0 Å². The van der Waals surface area contributed by atoms with Crippen LogP contribution in [0.5, 0.6) is 0 Å². The quantitative estimate of drug-likeness (QED) is 0.502. The summed E-state index contributed by atoms with van der Waals surface area (Å²) >= 11 is 0. The molecule has 0 atom stereocenters. The Hall–Kier alpha value is -3.02. The maximum Gasteiger partial charge on any atom is 0.344 e. The normalized spacial score (nSPS) is 18.4. The van der Waals surface area contributed by atoms with Gasteiger partial charge in [0.15, 0.2) is 5.76 Å². The predicted octanol–water partition coefficient (Wildman–Crippen LogP) is 6.18. The number of aromatic nitrogens is 2. The molecule has 0 amide bonds. The molecular formula is C28H37N3O3. The highest BCUT2D eigenvalue weighted by atomic mass is 16.5. The van der Waals surface area contributed by atoms with E-state index in [9.17, 15) is 4.79 Å². The third kappa shape index (κ3) is 5.54. The van der Waals surface area contributed by atoms with Crippen molar-refractivity contribution in [2.24, 2.45) is 4.99 Å². The van der Waals surface area contributed by atoms with E-state index in [0.717, 1.165) is 29.9 Å². The third-order valence-electron chi connectivity index (χ3n) is 6.45. The van der Waals surface area contributed by atoms with Crippen LogP contribution in [0.2, 0.25) is 0 Å². The summed E-state index contributed by atoms with van der Waals surface area (Å²) in [6.45, 7) is 6.44. The topological polar surface area (TPSA) is 79.5 Å². The number of ether oxygens (including phenoxy) is 2. The molecule has 0 unspecified atom stereocenters.